The highest BCUT2D eigenvalue weighted by Crippen LogP contribution is 2.08. The van der Waals surface area contributed by atoms with E-state index in [1.54, 1.807) is 24.3 Å². The summed E-state index contributed by atoms with van der Waals surface area (Å²) in [5.41, 5.74) is 7.36. The van der Waals surface area contributed by atoms with Crippen LogP contribution in [-0.2, 0) is 32.0 Å². The molecular formula is C24H34N6O5. The lowest BCUT2D eigenvalue weighted by atomic mass is 10.0. The molecule has 4 atom stereocenters. The lowest BCUT2D eigenvalue weighted by Crippen LogP contribution is -2.58. The number of hydrogen-bond donors (Lipinski definition) is 6. The lowest BCUT2D eigenvalue weighted by molar-refractivity contribution is -0.141. The number of H-pyrrole nitrogens is 1. The van der Waals surface area contributed by atoms with E-state index in [1.807, 2.05) is 19.9 Å². The van der Waals surface area contributed by atoms with Gasteiger partial charge in [-0.2, -0.15) is 0 Å². The Balaban J connectivity index is 2.22. The van der Waals surface area contributed by atoms with Crippen molar-refractivity contribution < 1.29 is 24.3 Å². The first-order valence-corrected chi connectivity index (χ1v) is 11.5. The third-order valence-electron chi connectivity index (χ3n) is 5.32. The molecule has 11 heteroatoms. The van der Waals surface area contributed by atoms with E-state index in [1.165, 1.54) is 19.4 Å². The summed E-state index contributed by atoms with van der Waals surface area (Å²) in [5.74, 6) is -2.76. The maximum absolute atomic E-state index is 13.3. The summed E-state index contributed by atoms with van der Waals surface area (Å²) in [4.78, 5) is 56.9. The Labute approximate surface area is 204 Å². The van der Waals surface area contributed by atoms with Gasteiger partial charge < -0.3 is 31.8 Å². The zero-order valence-corrected chi connectivity index (χ0v) is 20.2. The molecule has 0 fully saturated rings. The average Bonchev–Trinajstić information content (AvgIpc) is 3.31. The Hall–Kier alpha value is -3.73. The molecule has 0 saturated carbocycles. The number of carbonyl (C=O) groups is 4. The molecule has 35 heavy (non-hydrogen) atoms. The van der Waals surface area contributed by atoms with Gasteiger partial charge in [0.2, 0.25) is 17.7 Å². The van der Waals surface area contributed by atoms with Crippen LogP contribution in [0.15, 0.2) is 42.9 Å². The molecule has 0 aliphatic rings. The predicted molar refractivity (Wildman–Crippen MR) is 129 cm³/mol. The zero-order chi connectivity index (χ0) is 26.0. The van der Waals surface area contributed by atoms with Crippen LogP contribution in [0.1, 0.15) is 38.4 Å². The van der Waals surface area contributed by atoms with E-state index >= 15 is 0 Å². The number of rotatable bonds is 13. The summed E-state index contributed by atoms with van der Waals surface area (Å²) in [7, 11) is 0. The molecule has 0 aliphatic heterocycles. The van der Waals surface area contributed by atoms with Gasteiger partial charge in [0, 0.05) is 24.7 Å². The molecule has 11 nitrogen and oxygen atoms in total. The van der Waals surface area contributed by atoms with Crippen LogP contribution >= 0.6 is 0 Å². The van der Waals surface area contributed by atoms with Crippen LogP contribution in [-0.4, -0.2) is 62.9 Å². The average molecular weight is 487 g/mol. The number of nitrogens with two attached hydrogens (primary N) is 1. The molecule has 2 aromatic rings. The normalized spacial score (nSPS) is 14.4. The number of aromatic nitrogens is 2. The Morgan fingerprint density at radius 2 is 1.54 bits per heavy atom. The van der Waals surface area contributed by atoms with E-state index in [2.05, 4.69) is 25.9 Å². The maximum atomic E-state index is 13.3. The first-order valence-electron chi connectivity index (χ1n) is 11.5. The number of amides is 3. The molecular weight excluding hydrogens is 452 g/mol. The smallest absolute Gasteiger partial charge is 0.325 e. The van der Waals surface area contributed by atoms with E-state index in [0.29, 0.717) is 12.1 Å². The molecule has 1 heterocycles. The number of nitrogens with zero attached hydrogens (tertiary/aromatic N) is 1. The van der Waals surface area contributed by atoms with Crippen LogP contribution < -0.4 is 21.7 Å². The van der Waals surface area contributed by atoms with Gasteiger partial charge in [-0.25, -0.2) is 4.98 Å². The molecule has 0 bridgehead atoms. The Morgan fingerprint density at radius 3 is 2.11 bits per heavy atom. The molecule has 1 aromatic heterocycles. The van der Waals surface area contributed by atoms with Crippen molar-refractivity contribution in [3.05, 3.63) is 54.1 Å². The molecule has 190 valence electrons. The van der Waals surface area contributed by atoms with Gasteiger partial charge >= 0.3 is 5.97 Å². The van der Waals surface area contributed by atoms with E-state index in [-0.39, 0.29) is 18.8 Å². The third kappa shape index (κ3) is 9.20. The number of aliphatic carboxylic acids is 1. The van der Waals surface area contributed by atoms with Crippen molar-refractivity contribution >= 4 is 23.7 Å². The van der Waals surface area contributed by atoms with E-state index in [0.717, 1.165) is 5.56 Å². The van der Waals surface area contributed by atoms with Crippen molar-refractivity contribution in [1.29, 1.82) is 0 Å². The first-order chi connectivity index (χ1) is 16.6. The lowest BCUT2D eigenvalue weighted by Gasteiger charge is -2.25. The zero-order valence-electron chi connectivity index (χ0n) is 20.2. The highest BCUT2D eigenvalue weighted by atomic mass is 16.4. The number of nitrogens with one attached hydrogen (secondary N) is 4. The van der Waals surface area contributed by atoms with Crippen LogP contribution in [0.2, 0.25) is 0 Å². The summed E-state index contributed by atoms with van der Waals surface area (Å²) in [6.45, 7) is 5.21. The standard InChI is InChI=1S/C24H34N6O5/c1-14(2)9-18(25)21(31)29-20(11-17-12-26-13-27-17)23(33)30-19(10-16-7-5-4-6-8-16)22(32)28-15(3)24(34)35/h4-8,12-15,18-20H,9-11,25H2,1-3H3,(H,26,27)(H,28,32)(H,29,31)(H,30,33)(H,34,35). The van der Waals surface area contributed by atoms with Crippen molar-refractivity contribution in [2.75, 3.05) is 0 Å². The van der Waals surface area contributed by atoms with Gasteiger partial charge in [-0.3, -0.25) is 19.2 Å². The van der Waals surface area contributed by atoms with Crippen LogP contribution in [0.3, 0.4) is 0 Å². The summed E-state index contributed by atoms with van der Waals surface area (Å²) < 4.78 is 0. The minimum absolute atomic E-state index is 0.0944. The molecule has 3 amide bonds. The molecule has 0 radical (unpaired) electrons. The molecule has 0 aliphatic carbocycles. The van der Waals surface area contributed by atoms with Crippen molar-refractivity contribution in [3.63, 3.8) is 0 Å². The molecule has 1 aromatic carbocycles. The number of carboxylic acids is 1. The van der Waals surface area contributed by atoms with Gasteiger partial charge in [-0.1, -0.05) is 44.2 Å². The number of aromatic amines is 1. The Morgan fingerprint density at radius 1 is 0.943 bits per heavy atom. The summed E-state index contributed by atoms with van der Waals surface area (Å²) in [6, 6.07) is 4.94. The highest BCUT2D eigenvalue weighted by molar-refractivity contribution is 5.94. The van der Waals surface area contributed by atoms with Gasteiger partial charge in [-0.05, 0) is 24.8 Å². The fourth-order valence-electron chi connectivity index (χ4n) is 3.43. The number of imidazole rings is 1. The highest BCUT2D eigenvalue weighted by Gasteiger charge is 2.30. The van der Waals surface area contributed by atoms with Crippen molar-refractivity contribution in [2.24, 2.45) is 11.7 Å². The summed E-state index contributed by atoms with van der Waals surface area (Å²) >= 11 is 0. The Bertz CT molecular complexity index is 980. The van der Waals surface area contributed by atoms with E-state index in [4.69, 9.17) is 10.8 Å². The molecule has 0 spiro atoms. The third-order valence-corrected chi connectivity index (χ3v) is 5.32. The SMILES string of the molecule is CC(C)CC(N)C(=O)NC(Cc1cnc[nH]1)C(=O)NC(Cc1ccccc1)C(=O)NC(C)C(=O)O. The Kier molecular flexibility index (Phi) is 10.4. The minimum Gasteiger partial charge on any atom is -0.480 e. The number of carboxylic acid groups (broad SMARTS) is 1. The molecule has 0 saturated heterocycles. The second kappa shape index (κ2) is 13.2. The number of hydrogen-bond acceptors (Lipinski definition) is 6. The van der Waals surface area contributed by atoms with Gasteiger partial charge in [-0.15, -0.1) is 0 Å². The molecule has 7 N–H and O–H groups in total. The topological polar surface area (TPSA) is 179 Å². The fraction of sp³-hybridized carbons (Fsp3) is 0.458. The molecule has 2 rings (SSSR count). The largest absolute Gasteiger partial charge is 0.480 e. The monoisotopic (exact) mass is 486 g/mol. The van der Waals surface area contributed by atoms with Crippen LogP contribution in [0.4, 0.5) is 0 Å². The van der Waals surface area contributed by atoms with Gasteiger partial charge in [0.25, 0.3) is 0 Å². The minimum atomic E-state index is -1.20. The number of benzene rings is 1. The summed E-state index contributed by atoms with van der Waals surface area (Å²) in [5, 5.41) is 16.9. The van der Waals surface area contributed by atoms with Gasteiger partial charge in [0.05, 0.1) is 12.4 Å². The van der Waals surface area contributed by atoms with Crippen LogP contribution in [0.5, 0.6) is 0 Å². The molecule has 4 unspecified atom stereocenters. The van der Waals surface area contributed by atoms with E-state index in [9.17, 15) is 19.2 Å². The van der Waals surface area contributed by atoms with Gasteiger partial charge in [0.1, 0.15) is 18.1 Å². The van der Waals surface area contributed by atoms with Crippen LogP contribution in [0.25, 0.3) is 0 Å². The van der Waals surface area contributed by atoms with E-state index < -0.39 is 47.9 Å². The second-order valence-corrected chi connectivity index (χ2v) is 8.90. The quantitative estimate of drug-likeness (QED) is 0.233. The van der Waals surface area contributed by atoms with Gasteiger partial charge in [0.15, 0.2) is 0 Å². The van der Waals surface area contributed by atoms with Crippen molar-refractivity contribution in [3.8, 4) is 0 Å². The second-order valence-electron chi connectivity index (χ2n) is 8.90. The van der Waals surface area contributed by atoms with Crippen molar-refractivity contribution in [2.45, 2.75) is 64.2 Å². The van der Waals surface area contributed by atoms with Crippen molar-refractivity contribution in [1.82, 2.24) is 25.9 Å². The number of carbonyl (C=O) groups excluding carboxylic acids is 3. The maximum Gasteiger partial charge on any atom is 0.325 e. The predicted octanol–water partition coefficient (Wildman–Crippen LogP) is 0.127. The summed E-state index contributed by atoms with van der Waals surface area (Å²) in [6.07, 6.45) is 3.65. The fourth-order valence-corrected chi connectivity index (χ4v) is 3.43. The van der Waals surface area contributed by atoms with Crippen LogP contribution in [0, 0.1) is 5.92 Å². The first kappa shape index (κ1) is 27.5.